The van der Waals surface area contributed by atoms with Crippen molar-refractivity contribution in [3.8, 4) is 0 Å². The summed E-state index contributed by atoms with van der Waals surface area (Å²) < 4.78 is 37.6. The first-order valence-corrected chi connectivity index (χ1v) is 13.5. The first-order chi connectivity index (χ1) is 17.5. The van der Waals surface area contributed by atoms with Crippen molar-refractivity contribution < 1.29 is 32.1 Å². The average molecular weight is 551 g/mol. The van der Waals surface area contributed by atoms with Crippen molar-refractivity contribution in [1.29, 1.82) is 0 Å². The Morgan fingerprint density at radius 3 is 2.16 bits per heavy atom. The second-order valence-electron chi connectivity index (χ2n) is 7.88. The largest absolute Gasteiger partial charge is 0.453 e. The van der Waals surface area contributed by atoms with E-state index in [1.807, 2.05) is 35.1 Å². The van der Waals surface area contributed by atoms with Gasteiger partial charge in [0.15, 0.2) is 5.12 Å². The normalized spacial score (nSPS) is 13.2. The molecule has 0 bridgehead atoms. The van der Waals surface area contributed by atoms with Crippen LogP contribution >= 0.6 is 11.8 Å². The smallest absolute Gasteiger partial charge is 0.407 e. The molecule has 11 nitrogen and oxygen atoms in total. The highest BCUT2D eigenvalue weighted by Crippen LogP contribution is 2.17. The lowest BCUT2D eigenvalue weighted by Gasteiger charge is -2.24. The number of benzene rings is 2. The molecule has 200 valence electrons. The average Bonchev–Trinajstić information content (AvgIpc) is 2.86. The van der Waals surface area contributed by atoms with Gasteiger partial charge in [0.1, 0.15) is 6.04 Å². The third kappa shape index (κ3) is 10.9. The van der Waals surface area contributed by atoms with Crippen LogP contribution in [0.4, 0.5) is 10.5 Å². The maximum absolute atomic E-state index is 13.3. The summed E-state index contributed by atoms with van der Waals surface area (Å²) in [5.74, 6) is -0.521. The van der Waals surface area contributed by atoms with E-state index < -0.39 is 34.4 Å². The van der Waals surface area contributed by atoms with Crippen molar-refractivity contribution in [2.45, 2.75) is 38.3 Å². The lowest BCUT2D eigenvalue weighted by Crippen LogP contribution is -2.52. The number of nitrogens with two attached hydrogens (primary N) is 1. The number of hydrogen-bond donors (Lipinski definition) is 5. The Morgan fingerprint density at radius 1 is 1.00 bits per heavy atom. The molecule has 0 unspecified atom stereocenters. The number of ether oxygens (including phenoxy) is 1. The molecule has 2 aromatic carbocycles. The number of hydrogen-bond acceptors (Lipinski definition) is 8. The van der Waals surface area contributed by atoms with Gasteiger partial charge < -0.3 is 21.1 Å². The number of amides is 2. The van der Waals surface area contributed by atoms with Gasteiger partial charge in [0.2, 0.25) is 5.91 Å². The fraction of sp³-hybridized carbons (Fsp3) is 0.292. The Hall–Kier alpha value is -3.55. The SMILES string of the molecule is CCC(=O)S/C=C(\N)[C@H](Cc1ccc(NS(=O)(=O)O)cc1)NC(=O)[C@H](Cc1ccccc1)NC(=O)OC. The van der Waals surface area contributed by atoms with Gasteiger partial charge in [0.25, 0.3) is 0 Å². The molecule has 2 rings (SSSR count). The number of alkyl carbamates (subject to hydrolysis) is 1. The summed E-state index contributed by atoms with van der Waals surface area (Å²) >= 11 is 0.913. The molecule has 0 fully saturated rings. The molecule has 0 aliphatic rings. The molecule has 0 spiro atoms. The Labute approximate surface area is 220 Å². The van der Waals surface area contributed by atoms with Gasteiger partial charge in [-0.1, -0.05) is 61.2 Å². The topological polar surface area (TPSA) is 177 Å². The molecular weight excluding hydrogens is 520 g/mol. The van der Waals surface area contributed by atoms with Crippen LogP contribution in [-0.2, 0) is 37.5 Å². The molecule has 0 aliphatic carbocycles. The van der Waals surface area contributed by atoms with Crippen LogP contribution in [0, 0.1) is 0 Å². The summed E-state index contributed by atoms with van der Waals surface area (Å²) in [6, 6.07) is 13.4. The third-order valence-corrected chi connectivity index (χ3v) is 6.49. The molecule has 37 heavy (non-hydrogen) atoms. The van der Waals surface area contributed by atoms with E-state index in [0.29, 0.717) is 12.0 Å². The lowest BCUT2D eigenvalue weighted by atomic mass is 10.0. The molecule has 0 radical (unpaired) electrons. The molecule has 2 amide bonds. The number of carbonyl (C=O) groups is 3. The maximum Gasteiger partial charge on any atom is 0.407 e. The molecule has 0 saturated carbocycles. The third-order valence-electron chi connectivity index (χ3n) is 5.05. The molecular formula is C24H30N4O7S2. The molecule has 2 atom stereocenters. The Kier molecular flexibility index (Phi) is 11.4. The van der Waals surface area contributed by atoms with E-state index in [9.17, 15) is 22.8 Å². The summed E-state index contributed by atoms with van der Waals surface area (Å²) in [6.45, 7) is 1.72. The second-order valence-corrected chi connectivity index (χ2v) is 9.96. The van der Waals surface area contributed by atoms with E-state index in [4.69, 9.17) is 10.3 Å². The zero-order valence-electron chi connectivity index (χ0n) is 20.3. The van der Waals surface area contributed by atoms with Crippen molar-refractivity contribution in [2.24, 2.45) is 5.73 Å². The minimum Gasteiger partial charge on any atom is -0.453 e. The van der Waals surface area contributed by atoms with Crippen molar-refractivity contribution in [3.05, 3.63) is 76.8 Å². The monoisotopic (exact) mass is 550 g/mol. The number of thioether (sulfide) groups is 1. The predicted octanol–water partition coefficient (Wildman–Crippen LogP) is 2.37. The van der Waals surface area contributed by atoms with Crippen LogP contribution in [0.5, 0.6) is 0 Å². The minimum atomic E-state index is -4.42. The number of nitrogens with one attached hydrogen (secondary N) is 3. The lowest BCUT2D eigenvalue weighted by molar-refractivity contribution is -0.123. The first-order valence-electron chi connectivity index (χ1n) is 11.2. The van der Waals surface area contributed by atoms with Crippen LogP contribution in [0.25, 0.3) is 0 Å². The van der Waals surface area contributed by atoms with Crippen LogP contribution in [0.3, 0.4) is 0 Å². The van der Waals surface area contributed by atoms with Crippen LogP contribution in [-0.4, -0.2) is 49.3 Å². The van der Waals surface area contributed by atoms with Gasteiger partial charge in [0, 0.05) is 18.5 Å². The highest BCUT2D eigenvalue weighted by atomic mass is 32.2. The van der Waals surface area contributed by atoms with Crippen molar-refractivity contribution in [1.82, 2.24) is 10.6 Å². The van der Waals surface area contributed by atoms with E-state index in [0.717, 1.165) is 17.3 Å². The number of carbonyl (C=O) groups excluding carboxylic acids is 3. The second kappa shape index (κ2) is 14.3. The van der Waals surface area contributed by atoms with Crippen LogP contribution < -0.4 is 21.1 Å². The van der Waals surface area contributed by atoms with E-state index >= 15 is 0 Å². The molecule has 6 N–H and O–H groups in total. The number of rotatable bonds is 12. The summed E-state index contributed by atoms with van der Waals surface area (Å²) in [5, 5.41) is 6.72. The number of methoxy groups -OCH3 is 1. The standard InChI is InChI=1S/C24H30N4O7S2/c1-3-22(29)36-15-19(25)20(13-17-9-11-18(12-10-17)28-37(32,33)34)26-23(30)21(27-24(31)35-2)14-16-7-5-4-6-8-16/h4-12,15,20-21,28H,3,13-14,25H2,1-2H3,(H,26,30)(H,27,31)(H,32,33,34)/b19-15-/t20-,21-/m0/s1. The molecule has 0 aromatic heterocycles. The van der Waals surface area contributed by atoms with Gasteiger partial charge in [-0.3, -0.25) is 18.9 Å². The van der Waals surface area contributed by atoms with Crippen LogP contribution in [0.15, 0.2) is 65.7 Å². The quantitative estimate of drug-likeness (QED) is 0.248. The van der Waals surface area contributed by atoms with Gasteiger partial charge in [-0.15, -0.1) is 0 Å². The molecule has 0 heterocycles. The summed E-state index contributed by atoms with van der Waals surface area (Å²) in [6.07, 6.45) is -0.0908. The van der Waals surface area contributed by atoms with E-state index in [2.05, 4.69) is 15.4 Å². The van der Waals surface area contributed by atoms with Crippen LogP contribution in [0.1, 0.15) is 24.5 Å². The van der Waals surface area contributed by atoms with Crippen molar-refractivity contribution in [2.75, 3.05) is 11.8 Å². The fourth-order valence-electron chi connectivity index (χ4n) is 3.18. The van der Waals surface area contributed by atoms with Gasteiger partial charge in [-0.05, 0) is 35.1 Å². The molecule has 13 heteroatoms. The fourth-order valence-corrected chi connectivity index (χ4v) is 4.21. The van der Waals surface area contributed by atoms with E-state index in [1.54, 1.807) is 19.1 Å². The van der Waals surface area contributed by atoms with E-state index in [-0.39, 0.29) is 29.3 Å². The molecule has 0 saturated heterocycles. The Bertz CT molecular complexity index is 1200. The highest BCUT2D eigenvalue weighted by molar-refractivity contribution is 8.16. The highest BCUT2D eigenvalue weighted by Gasteiger charge is 2.25. The maximum atomic E-state index is 13.3. The van der Waals surface area contributed by atoms with Gasteiger partial charge in [-0.2, -0.15) is 8.42 Å². The minimum absolute atomic E-state index is 0.108. The van der Waals surface area contributed by atoms with E-state index in [1.165, 1.54) is 24.7 Å². The van der Waals surface area contributed by atoms with Crippen molar-refractivity contribution in [3.63, 3.8) is 0 Å². The van der Waals surface area contributed by atoms with Gasteiger partial charge in [-0.25, -0.2) is 4.79 Å². The summed E-state index contributed by atoms with van der Waals surface area (Å²) in [4.78, 5) is 37.0. The predicted molar refractivity (Wildman–Crippen MR) is 142 cm³/mol. The summed E-state index contributed by atoms with van der Waals surface area (Å²) in [5.41, 5.74) is 8.10. The molecule has 2 aromatic rings. The van der Waals surface area contributed by atoms with Crippen LogP contribution in [0.2, 0.25) is 0 Å². The van der Waals surface area contributed by atoms with Crippen molar-refractivity contribution >= 4 is 44.9 Å². The first kappa shape index (κ1) is 29.7. The summed E-state index contributed by atoms with van der Waals surface area (Å²) in [7, 11) is -3.23. The Balaban J connectivity index is 2.28. The van der Waals surface area contributed by atoms with Gasteiger partial charge in [0.05, 0.1) is 18.8 Å². The number of anilines is 1. The zero-order valence-corrected chi connectivity index (χ0v) is 22.0. The Morgan fingerprint density at radius 2 is 1.59 bits per heavy atom. The molecule has 0 aliphatic heterocycles. The van der Waals surface area contributed by atoms with Gasteiger partial charge >= 0.3 is 16.4 Å². The zero-order chi connectivity index (χ0) is 27.4.